The zero-order valence-corrected chi connectivity index (χ0v) is 20.3. The van der Waals surface area contributed by atoms with Gasteiger partial charge in [0.15, 0.2) is 0 Å². The third-order valence-electron chi connectivity index (χ3n) is 7.49. The summed E-state index contributed by atoms with van der Waals surface area (Å²) in [4.78, 5) is 11.9. The largest absolute Gasteiger partial charge is 0.459 e. The Labute approximate surface area is 193 Å². The van der Waals surface area contributed by atoms with E-state index in [2.05, 4.69) is 0 Å². The van der Waals surface area contributed by atoms with Crippen molar-refractivity contribution in [1.82, 2.24) is 0 Å². The van der Waals surface area contributed by atoms with Gasteiger partial charge in [-0.3, -0.25) is 9.11 Å². The van der Waals surface area contributed by atoms with Crippen LogP contribution >= 0.6 is 0 Å². The van der Waals surface area contributed by atoms with Gasteiger partial charge < -0.3 is 9.84 Å². The number of ether oxygens (including phenoxy) is 1. The van der Waals surface area contributed by atoms with Crippen molar-refractivity contribution in [2.45, 2.75) is 65.1 Å². The molecule has 0 amide bonds. The van der Waals surface area contributed by atoms with Gasteiger partial charge in [-0.1, -0.05) is 31.1 Å². The number of carbonyl (C=O) groups excluding carboxylic acids is 1. The van der Waals surface area contributed by atoms with Crippen LogP contribution in [0.2, 0.25) is 0 Å². The lowest BCUT2D eigenvalue weighted by atomic mass is 9.48. The average molecular weight is 511 g/mol. The van der Waals surface area contributed by atoms with Gasteiger partial charge in [-0.25, -0.2) is 13.2 Å². The lowest BCUT2D eigenvalue weighted by Gasteiger charge is -2.58. The molecule has 3 N–H and O–H groups in total. The fourth-order valence-electron chi connectivity index (χ4n) is 5.90. The van der Waals surface area contributed by atoms with Gasteiger partial charge in [0.1, 0.15) is 12.7 Å². The molecule has 188 valence electrons. The molecule has 1 heterocycles. The van der Waals surface area contributed by atoms with Crippen molar-refractivity contribution in [3.8, 4) is 0 Å². The number of aliphatic hydroxyl groups excluding tert-OH is 1. The Morgan fingerprint density at radius 3 is 2.36 bits per heavy atom. The van der Waals surface area contributed by atoms with Crippen LogP contribution in [-0.4, -0.2) is 62.4 Å². The van der Waals surface area contributed by atoms with Crippen LogP contribution in [0, 0.1) is 16.7 Å². The van der Waals surface area contributed by atoms with E-state index >= 15 is 0 Å². The molecule has 3 rings (SSSR count). The molecule has 0 aromatic heterocycles. The summed E-state index contributed by atoms with van der Waals surface area (Å²) in [7, 11) is -9.64. The Balaban J connectivity index is 1.99. The minimum absolute atomic E-state index is 0.0950. The fourth-order valence-corrected chi connectivity index (χ4v) is 6.91. The van der Waals surface area contributed by atoms with Crippen LogP contribution < -0.4 is 0 Å². The number of esters is 1. The molecule has 0 unspecified atom stereocenters. The van der Waals surface area contributed by atoms with Crippen molar-refractivity contribution in [3.05, 3.63) is 22.8 Å². The summed E-state index contributed by atoms with van der Waals surface area (Å²) in [6.45, 7) is 4.91. The zero-order chi connectivity index (χ0) is 24.8. The molecule has 33 heavy (non-hydrogen) atoms. The summed E-state index contributed by atoms with van der Waals surface area (Å²) in [6.07, 6.45) is 1.70. The number of allylic oxidation sites excluding steroid dienone is 3. The van der Waals surface area contributed by atoms with Gasteiger partial charge in [0.2, 0.25) is 0 Å². The van der Waals surface area contributed by atoms with E-state index in [0.29, 0.717) is 25.7 Å². The molecule has 2 aliphatic carbocycles. The van der Waals surface area contributed by atoms with Crippen LogP contribution in [0.25, 0.3) is 0 Å². The second kappa shape index (κ2) is 9.02. The van der Waals surface area contributed by atoms with Crippen molar-refractivity contribution < 1.29 is 48.9 Å². The van der Waals surface area contributed by atoms with Crippen molar-refractivity contribution in [2.75, 3.05) is 13.2 Å². The third-order valence-corrected chi connectivity index (χ3v) is 8.38. The van der Waals surface area contributed by atoms with E-state index in [1.54, 1.807) is 13.0 Å². The Morgan fingerprint density at radius 2 is 1.82 bits per heavy atom. The van der Waals surface area contributed by atoms with Crippen LogP contribution in [0.4, 0.5) is 0 Å². The minimum atomic E-state index is -4.83. The molecule has 0 aromatic carbocycles. The van der Waals surface area contributed by atoms with Gasteiger partial charge >= 0.3 is 26.8 Å². The highest BCUT2D eigenvalue weighted by molar-refractivity contribution is 7.81. The first-order valence-electron chi connectivity index (χ1n) is 10.6. The smallest absolute Gasteiger partial charge is 0.397 e. The fraction of sp³-hybridized carbons (Fsp3) is 0.750. The molecule has 0 aromatic rings. The zero-order valence-electron chi connectivity index (χ0n) is 18.7. The van der Waals surface area contributed by atoms with Crippen LogP contribution in [0.15, 0.2) is 22.8 Å². The summed E-state index contributed by atoms with van der Waals surface area (Å²) in [5.41, 5.74) is 0.495. The van der Waals surface area contributed by atoms with Crippen molar-refractivity contribution in [2.24, 2.45) is 16.7 Å². The second-order valence-corrected chi connectivity index (χ2v) is 11.6. The van der Waals surface area contributed by atoms with Gasteiger partial charge in [0.05, 0.1) is 18.3 Å². The summed E-state index contributed by atoms with van der Waals surface area (Å²) in [5.74, 6) is -0.917. The molecule has 0 bridgehead atoms. The Kier molecular flexibility index (Phi) is 7.18. The summed E-state index contributed by atoms with van der Waals surface area (Å²) in [6, 6.07) is 0. The second-order valence-electron chi connectivity index (χ2n) is 9.49. The Bertz CT molecular complexity index is 1080. The van der Waals surface area contributed by atoms with Gasteiger partial charge in [0, 0.05) is 5.41 Å². The maximum atomic E-state index is 11.9. The molecular formula is C20H30O11S2. The van der Waals surface area contributed by atoms with Gasteiger partial charge in [-0.15, -0.1) is 0 Å². The van der Waals surface area contributed by atoms with Gasteiger partial charge in [0.25, 0.3) is 0 Å². The average Bonchev–Trinajstić information content (AvgIpc) is 2.99. The van der Waals surface area contributed by atoms with E-state index in [1.807, 2.05) is 13.8 Å². The molecule has 1 saturated heterocycles. The monoisotopic (exact) mass is 510 g/mol. The van der Waals surface area contributed by atoms with Crippen molar-refractivity contribution >= 4 is 26.8 Å². The maximum Gasteiger partial charge on any atom is 0.397 e. The summed E-state index contributed by atoms with van der Waals surface area (Å²) < 4.78 is 78.6. The number of hydrogen-bond donors (Lipinski definition) is 3. The van der Waals surface area contributed by atoms with E-state index in [0.717, 1.165) is 11.1 Å². The molecule has 2 fully saturated rings. The highest BCUT2D eigenvalue weighted by Crippen LogP contribution is 2.61. The normalized spacial score (nSPS) is 36.7. The molecule has 5 atom stereocenters. The predicted octanol–water partition coefficient (Wildman–Crippen LogP) is 1.76. The SMILES string of the molecule is CC1=C(C/C=C2\C(=O)OC[C@H]2O)[C@]2(C)CC[C@@H](OS(=O)(=O)O)[C@@](C)(COS(=O)(=O)O)[C@H]2CC1. The van der Waals surface area contributed by atoms with E-state index in [1.165, 1.54) is 0 Å². The highest BCUT2D eigenvalue weighted by atomic mass is 32.3. The first kappa shape index (κ1) is 26.3. The van der Waals surface area contributed by atoms with Crippen LogP contribution in [-0.2, 0) is 38.7 Å². The van der Waals surface area contributed by atoms with Gasteiger partial charge in [-0.2, -0.15) is 16.8 Å². The third kappa shape index (κ3) is 5.50. The van der Waals surface area contributed by atoms with Crippen LogP contribution in [0.1, 0.15) is 52.9 Å². The number of carbonyl (C=O) groups is 1. The first-order chi connectivity index (χ1) is 15.1. The van der Waals surface area contributed by atoms with Crippen molar-refractivity contribution in [1.29, 1.82) is 0 Å². The van der Waals surface area contributed by atoms with Crippen molar-refractivity contribution in [3.63, 3.8) is 0 Å². The maximum absolute atomic E-state index is 11.9. The topological polar surface area (TPSA) is 174 Å². The van der Waals surface area contributed by atoms with E-state index in [4.69, 9.17) is 17.7 Å². The number of fused-ring (bicyclic) bond motifs is 1. The molecule has 1 saturated carbocycles. The van der Waals surface area contributed by atoms with Gasteiger partial charge in [-0.05, 0) is 50.4 Å². The van der Waals surface area contributed by atoms with E-state index in [-0.39, 0.29) is 24.5 Å². The molecule has 1 aliphatic heterocycles. The Hall–Kier alpha value is -1.35. The lowest BCUT2D eigenvalue weighted by molar-refractivity contribution is -0.135. The summed E-state index contributed by atoms with van der Waals surface area (Å²) >= 11 is 0. The molecular weight excluding hydrogens is 480 g/mol. The van der Waals surface area contributed by atoms with Crippen LogP contribution in [0.3, 0.4) is 0 Å². The molecule has 3 aliphatic rings. The minimum Gasteiger partial charge on any atom is -0.459 e. The number of rotatable bonds is 7. The standard InChI is InChI=1S/C20H30O11S2/c1-12-4-7-16-19(2,14(12)6-5-13-15(21)10-29-18(13)22)9-8-17(31-33(26,27)28)20(16,3)11-30-32(23,24)25/h5,15-17,21H,4,6-11H2,1-3H3,(H,23,24,25)(H,26,27,28)/b13-5-/t15-,16+,17-,19+,20+/m1/s1. The van der Waals surface area contributed by atoms with E-state index < -0.39 is 56.4 Å². The number of hydrogen-bond acceptors (Lipinski definition) is 9. The molecule has 11 nitrogen and oxygen atoms in total. The lowest BCUT2D eigenvalue weighted by Crippen LogP contribution is -2.56. The Morgan fingerprint density at radius 1 is 1.15 bits per heavy atom. The first-order valence-corrected chi connectivity index (χ1v) is 13.3. The quantitative estimate of drug-likeness (QED) is 0.197. The highest BCUT2D eigenvalue weighted by Gasteiger charge is 2.58. The number of cyclic esters (lactones) is 1. The molecule has 0 spiro atoms. The molecule has 0 radical (unpaired) electrons. The number of aliphatic hydroxyl groups is 1. The molecule has 13 heteroatoms. The summed E-state index contributed by atoms with van der Waals surface area (Å²) in [5, 5.41) is 10.00. The van der Waals surface area contributed by atoms with E-state index in [9.17, 15) is 31.3 Å². The predicted molar refractivity (Wildman–Crippen MR) is 114 cm³/mol. The van der Waals surface area contributed by atoms with Crippen LogP contribution in [0.5, 0.6) is 0 Å².